The van der Waals surface area contributed by atoms with E-state index >= 15 is 0 Å². The van der Waals surface area contributed by atoms with Gasteiger partial charge >= 0.3 is 11.9 Å². The monoisotopic (exact) mass is 754 g/mol. The lowest BCUT2D eigenvalue weighted by atomic mass is 9.72. The van der Waals surface area contributed by atoms with E-state index in [-0.39, 0.29) is 30.9 Å². The minimum absolute atomic E-state index is 0.0418. The highest BCUT2D eigenvalue weighted by molar-refractivity contribution is 7.99. The standard InChI is InChI=1S/C40H42N4O9S/c1-17-9-21-7-8-42-40(23(21)12-27(17)48-5)15-54-38-30-29(37-36(51-16-52-37)19(3)35(30)53-20(4)45)26(14-50-39(40)47)44-25(13-41)24-11-22-10-18(2)34(49-6)33(46)28(22)31(43-24)32(38)44/h9-10,12,24-26,31-32,38,42-43,46H,7-8,11,14-16H2,1-6H3/t24-,25-,26?,31+,32+,38+,40+/m0/s1. The highest BCUT2D eigenvalue weighted by Gasteiger charge is 2.60. The topological polar surface area (TPSA) is 161 Å². The molecule has 0 radical (unpaired) electrons. The molecule has 0 aliphatic carbocycles. The van der Waals surface area contributed by atoms with E-state index in [9.17, 15) is 20.0 Å². The molecular formula is C40H42N4O9S. The highest BCUT2D eigenvalue weighted by Crippen LogP contribution is 2.63. The van der Waals surface area contributed by atoms with Crippen LogP contribution in [0.2, 0.25) is 0 Å². The number of nitriles is 1. The van der Waals surface area contributed by atoms with Crippen molar-refractivity contribution in [3.8, 4) is 40.6 Å². The Bertz CT molecular complexity index is 2190. The zero-order valence-corrected chi connectivity index (χ0v) is 31.8. The average Bonchev–Trinajstić information content (AvgIpc) is 3.64. The first-order chi connectivity index (χ1) is 26.0. The molecule has 10 rings (SSSR count). The van der Waals surface area contributed by atoms with Crippen LogP contribution in [-0.2, 0) is 32.7 Å². The van der Waals surface area contributed by atoms with Gasteiger partial charge in [-0.3, -0.25) is 15.0 Å². The molecule has 0 saturated carbocycles. The third-order valence-corrected chi connectivity index (χ3v) is 13.6. The Labute approximate surface area is 317 Å². The molecule has 3 aromatic carbocycles. The number of hydrogen-bond acceptors (Lipinski definition) is 14. The van der Waals surface area contributed by atoms with Crippen molar-refractivity contribution in [1.82, 2.24) is 15.5 Å². The number of aromatic hydroxyl groups is 1. The summed E-state index contributed by atoms with van der Waals surface area (Å²) in [5, 5.41) is 29.8. The van der Waals surface area contributed by atoms with Gasteiger partial charge in [0.1, 0.15) is 24.1 Å². The molecule has 7 heterocycles. The molecule has 7 aliphatic rings. The van der Waals surface area contributed by atoms with E-state index in [1.807, 2.05) is 32.9 Å². The summed E-state index contributed by atoms with van der Waals surface area (Å²) < 4.78 is 36.3. The van der Waals surface area contributed by atoms with Crippen LogP contribution in [0.15, 0.2) is 18.2 Å². The van der Waals surface area contributed by atoms with Crippen molar-refractivity contribution in [1.29, 1.82) is 5.26 Å². The minimum Gasteiger partial charge on any atom is -0.504 e. The summed E-state index contributed by atoms with van der Waals surface area (Å²) in [6.45, 7) is 7.48. The fraction of sp³-hybridized carbons (Fsp3) is 0.475. The molecule has 0 aromatic heterocycles. The fourth-order valence-corrected chi connectivity index (χ4v) is 11.7. The molecular weight excluding hydrogens is 713 g/mol. The van der Waals surface area contributed by atoms with Gasteiger partial charge in [0.25, 0.3) is 0 Å². The minimum atomic E-state index is -1.25. The summed E-state index contributed by atoms with van der Waals surface area (Å²) in [6, 6.07) is 5.96. The van der Waals surface area contributed by atoms with Crippen LogP contribution in [0.3, 0.4) is 0 Å². The number of aryl methyl sites for hydroxylation is 2. The van der Waals surface area contributed by atoms with Crippen molar-refractivity contribution >= 4 is 23.7 Å². The Morgan fingerprint density at radius 3 is 2.56 bits per heavy atom. The van der Waals surface area contributed by atoms with Crippen molar-refractivity contribution in [2.75, 3.05) is 39.9 Å². The van der Waals surface area contributed by atoms with Gasteiger partial charge in [-0.1, -0.05) is 12.1 Å². The number of ether oxygens (including phenoxy) is 6. The summed E-state index contributed by atoms with van der Waals surface area (Å²) in [7, 11) is 3.16. The van der Waals surface area contributed by atoms with Crippen LogP contribution in [-0.4, -0.2) is 80.0 Å². The van der Waals surface area contributed by atoms with Gasteiger partial charge in [0.2, 0.25) is 6.79 Å². The van der Waals surface area contributed by atoms with Crippen molar-refractivity contribution in [3.63, 3.8) is 0 Å². The predicted molar refractivity (Wildman–Crippen MR) is 196 cm³/mol. The maximum Gasteiger partial charge on any atom is 0.331 e. The third-order valence-electron chi connectivity index (χ3n) is 12.1. The van der Waals surface area contributed by atoms with E-state index in [0.29, 0.717) is 58.4 Å². The average molecular weight is 755 g/mol. The third kappa shape index (κ3) is 4.81. The normalized spacial score (nSPS) is 28.9. The van der Waals surface area contributed by atoms with Crippen LogP contribution in [0.1, 0.15) is 74.3 Å². The smallest absolute Gasteiger partial charge is 0.331 e. The van der Waals surface area contributed by atoms with Gasteiger partial charge in [-0.2, -0.15) is 5.26 Å². The molecule has 54 heavy (non-hydrogen) atoms. The van der Waals surface area contributed by atoms with Gasteiger partial charge in [-0.15, -0.1) is 11.8 Å². The molecule has 1 spiro atoms. The fourth-order valence-electron chi connectivity index (χ4n) is 9.98. The zero-order chi connectivity index (χ0) is 37.8. The molecule has 7 aliphatic heterocycles. The van der Waals surface area contributed by atoms with Gasteiger partial charge in [-0.05, 0) is 67.5 Å². The quantitative estimate of drug-likeness (QED) is 0.257. The second-order valence-electron chi connectivity index (χ2n) is 15.0. The molecule has 1 unspecified atom stereocenters. The highest BCUT2D eigenvalue weighted by atomic mass is 32.2. The lowest BCUT2D eigenvalue weighted by Crippen LogP contribution is -2.69. The number of fused-ring (bicyclic) bond motifs is 9. The number of esters is 2. The van der Waals surface area contributed by atoms with Gasteiger partial charge < -0.3 is 38.8 Å². The summed E-state index contributed by atoms with van der Waals surface area (Å²) in [6.07, 6.45) is 1.21. The van der Waals surface area contributed by atoms with Gasteiger partial charge in [0.05, 0.1) is 37.6 Å². The molecule has 3 aromatic rings. The van der Waals surface area contributed by atoms with Crippen LogP contribution < -0.4 is 34.3 Å². The number of carbonyl (C=O) groups is 2. The number of rotatable bonds is 3. The van der Waals surface area contributed by atoms with E-state index in [0.717, 1.165) is 39.8 Å². The lowest BCUT2D eigenvalue weighted by Gasteiger charge is -2.59. The second-order valence-corrected chi connectivity index (χ2v) is 16.1. The van der Waals surface area contributed by atoms with Crippen LogP contribution in [0.4, 0.5) is 0 Å². The van der Waals surface area contributed by atoms with Gasteiger partial charge in [0.15, 0.2) is 28.5 Å². The second kappa shape index (κ2) is 12.7. The van der Waals surface area contributed by atoms with E-state index in [1.165, 1.54) is 18.7 Å². The van der Waals surface area contributed by atoms with Gasteiger partial charge in [-0.25, -0.2) is 4.79 Å². The number of nitrogens with zero attached hydrogens (tertiary/aromatic N) is 2. The zero-order valence-electron chi connectivity index (χ0n) is 31.0. The Morgan fingerprint density at radius 1 is 1.04 bits per heavy atom. The van der Waals surface area contributed by atoms with E-state index in [1.54, 1.807) is 14.2 Å². The molecule has 282 valence electrons. The van der Waals surface area contributed by atoms with E-state index in [2.05, 4.69) is 27.7 Å². The molecule has 7 atom stereocenters. The molecule has 3 N–H and O–H groups in total. The number of nitrogens with one attached hydrogen (secondary N) is 2. The van der Waals surface area contributed by atoms with Crippen molar-refractivity contribution in [2.24, 2.45) is 0 Å². The predicted octanol–water partition coefficient (Wildman–Crippen LogP) is 4.25. The summed E-state index contributed by atoms with van der Waals surface area (Å²) >= 11 is 1.53. The van der Waals surface area contributed by atoms with Crippen LogP contribution in [0.25, 0.3) is 0 Å². The SMILES string of the molecule is COc1cc2c(cc1C)CCN[C@]21CS[C@@H]2c3c(OC(C)=O)c(C)c4c(c3C(COC1=O)N1[C@@H]2[C@@H]2N[C@@H](Cc3cc(C)c(OC)c(O)c32)[C@@H]1C#N)OCO4. The first-order valence-corrected chi connectivity index (χ1v) is 19.3. The lowest BCUT2D eigenvalue weighted by molar-refractivity contribution is -0.155. The Kier molecular flexibility index (Phi) is 8.24. The summed E-state index contributed by atoms with van der Waals surface area (Å²) in [5.74, 6) is 1.70. The number of phenolic OH excluding ortho intramolecular Hbond substituents is 1. The molecule has 13 nitrogen and oxygen atoms in total. The summed E-state index contributed by atoms with van der Waals surface area (Å²) in [5.41, 5.74) is 5.99. The Hall–Kier alpha value is -4.68. The molecule has 4 bridgehead atoms. The van der Waals surface area contributed by atoms with Crippen LogP contribution in [0.5, 0.6) is 34.5 Å². The number of methoxy groups -OCH3 is 2. The summed E-state index contributed by atoms with van der Waals surface area (Å²) in [4.78, 5) is 29.8. The number of benzene rings is 3. The number of carbonyl (C=O) groups excluding carboxylic acids is 2. The van der Waals surface area contributed by atoms with Gasteiger partial charge in [0, 0.05) is 53.6 Å². The molecule has 14 heteroatoms. The molecule has 0 amide bonds. The molecule has 2 saturated heterocycles. The maximum absolute atomic E-state index is 14.8. The Morgan fingerprint density at radius 2 is 1.81 bits per heavy atom. The number of piperazine rings is 1. The maximum atomic E-state index is 14.8. The van der Waals surface area contributed by atoms with E-state index < -0.39 is 46.9 Å². The van der Waals surface area contributed by atoms with E-state index in [4.69, 9.17) is 28.4 Å². The van der Waals surface area contributed by atoms with Crippen molar-refractivity contribution < 1.29 is 43.1 Å². The number of phenols is 1. The number of thioether (sulfide) groups is 1. The van der Waals surface area contributed by atoms with Crippen molar-refractivity contribution in [3.05, 3.63) is 68.3 Å². The Balaban J connectivity index is 1.32. The first kappa shape index (κ1) is 35.0. The molecule has 2 fully saturated rings. The largest absolute Gasteiger partial charge is 0.504 e. The number of hydrogen-bond donors (Lipinski definition) is 3. The first-order valence-electron chi connectivity index (χ1n) is 18.2. The van der Waals surface area contributed by atoms with Crippen LogP contribution >= 0.6 is 11.8 Å². The van der Waals surface area contributed by atoms with Crippen LogP contribution in [0, 0.1) is 32.1 Å². The van der Waals surface area contributed by atoms with Crippen molar-refractivity contribution in [2.45, 2.75) is 81.5 Å².